The van der Waals surface area contributed by atoms with Gasteiger partial charge in [-0.05, 0) is 99.2 Å². The summed E-state index contributed by atoms with van der Waals surface area (Å²) in [7, 11) is 0. The molecular weight excluding hydrogens is 674 g/mol. The molecule has 13 nitrogen and oxygen atoms in total. The van der Waals surface area contributed by atoms with Crippen LogP contribution in [0.5, 0.6) is 0 Å². The molecule has 1 spiro atoms. The standard InChI is InChI=1S/C39H63NO12/c1-17-8-13-39(40-15-17)18(2)25-33(52-39)29(44)26-22-7-6-20-14-21(9-11-37(20,4)23(22)10-12-38(25,26)5)49-36-34(31(46)28(43)24(16-41)50-36)51-35-32(47)30(45)27(42)19(3)48-35/h17-28,30-36,40-43,45-47H,6-16H2,1-5H3/t17-,18-,19+,20+,21+,22+,23-,24+,25-,26+,27+,28+,30-,31+,32+,33+,34-,35+,36-,37+,38-,39-/m1/s1. The highest BCUT2D eigenvalue weighted by molar-refractivity contribution is 5.90. The molecule has 0 unspecified atom stereocenters. The number of fused-ring (bicyclic) bond motifs is 7. The summed E-state index contributed by atoms with van der Waals surface area (Å²) in [6.07, 6.45) is -5.45. The Morgan fingerprint density at radius 2 is 1.56 bits per heavy atom. The molecule has 0 bridgehead atoms. The number of carbonyl (C=O) groups is 1. The van der Waals surface area contributed by atoms with Crippen LogP contribution < -0.4 is 5.32 Å². The fourth-order valence-electron chi connectivity index (χ4n) is 13.0. The fraction of sp³-hybridized carbons (Fsp3) is 0.974. The van der Waals surface area contributed by atoms with Gasteiger partial charge in [0.15, 0.2) is 18.4 Å². The Bertz CT molecular complexity index is 1330. The van der Waals surface area contributed by atoms with Gasteiger partial charge in [-0.2, -0.15) is 0 Å². The minimum absolute atomic E-state index is 0.0203. The van der Waals surface area contributed by atoms with Gasteiger partial charge >= 0.3 is 0 Å². The number of Topliss-reactive ketones (excluding diaryl/α,β-unsaturated/α-hetero) is 1. The van der Waals surface area contributed by atoms with Crippen LogP contribution in [0.4, 0.5) is 0 Å². The molecule has 13 heteroatoms. The lowest BCUT2D eigenvalue weighted by Gasteiger charge is -2.61. The molecule has 52 heavy (non-hydrogen) atoms. The summed E-state index contributed by atoms with van der Waals surface area (Å²) in [4.78, 5) is 14.5. The molecule has 4 heterocycles. The average Bonchev–Trinajstić information content (AvgIpc) is 3.53. The number of hydrogen-bond donors (Lipinski definition) is 7. The Hall–Kier alpha value is -0.810. The molecule has 0 radical (unpaired) electrons. The highest BCUT2D eigenvalue weighted by Gasteiger charge is 2.72. The SMILES string of the molecule is C[C@@H]1CC[C@@]2(NC1)O[C@@H]1C(=O)[C@@H]3[C@H]4CC[C@H]5C[C@@H](O[C@@H]6O[C@@H](CO)[C@H](O)[C@H](O)[C@H]6O[C@@H]6O[C@@H](C)[C@H](O)[C@@H](O)[C@@H]6O)CC[C@]5(C)[C@@H]4CC[C@]3(C)[C@@H]1[C@H]2C. The molecule has 4 aliphatic heterocycles. The summed E-state index contributed by atoms with van der Waals surface area (Å²) in [6.45, 7) is 11.3. The summed E-state index contributed by atoms with van der Waals surface area (Å²) < 4.78 is 31.0. The van der Waals surface area contributed by atoms with Gasteiger partial charge in [0, 0.05) is 24.3 Å². The summed E-state index contributed by atoms with van der Waals surface area (Å²) in [5.74, 6) is 2.62. The van der Waals surface area contributed by atoms with Gasteiger partial charge in [-0.25, -0.2) is 0 Å². The molecule has 4 aliphatic carbocycles. The van der Waals surface area contributed by atoms with E-state index in [1.165, 1.54) is 6.92 Å². The van der Waals surface area contributed by atoms with E-state index in [1.807, 2.05) is 0 Å². The number of nitrogens with one attached hydrogen (secondary N) is 1. The van der Waals surface area contributed by atoms with E-state index in [0.29, 0.717) is 29.5 Å². The van der Waals surface area contributed by atoms with Crippen LogP contribution in [0.1, 0.15) is 92.4 Å². The lowest BCUT2D eigenvalue weighted by molar-refractivity contribution is -0.371. The van der Waals surface area contributed by atoms with E-state index in [1.54, 1.807) is 0 Å². The maximum atomic E-state index is 14.5. The van der Waals surface area contributed by atoms with E-state index in [0.717, 1.165) is 64.3 Å². The van der Waals surface area contributed by atoms with Gasteiger partial charge in [-0.15, -0.1) is 0 Å². The predicted octanol–water partition coefficient (Wildman–Crippen LogP) is 1.22. The van der Waals surface area contributed by atoms with Crippen molar-refractivity contribution in [2.24, 2.45) is 52.3 Å². The Morgan fingerprint density at radius 1 is 0.808 bits per heavy atom. The van der Waals surface area contributed by atoms with E-state index >= 15 is 0 Å². The number of ketones is 1. The van der Waals surface area contributed by atoms with Crippen molar-refractivity contribution in [3.8, 4) is 0 Å². The molecular formula is C39H63NO12. The number of piperidine rings is 1. The summed E-state index contributed by atoms with van der Waals surface area (Å²) >= 11 is 0. The zero-order valence-electron chi connectivity index (χ0n) is 31.4. The van der Waals surface area contributed by atoms with E-state index in [9.17, 15) is 35.4 Å². The van der Waals surface area contributed by atoms with Crippen LogP contribution in [0, 0.1) is 52.3 Å². The lowest BCUT2D eigenvalue weighted by Crippen LogP contribution is -2.64. The maximum Gasteiger partial charge on any atom is 0.187 e. The first-order valence-corrected chi connectivity index (χ1v) is 20.2. The number of aliphatic hydroxyl groups excluding tert-OH is 6. The average molecular weight is 738 g/mol. The molecule has 296 valence electrons. The number of rotatable bonds is 5. The number of carbonyl (C=O) groups excluding carboxylic acids is 1. The second-order valence-electron chi connectivity index (χ2n) is 18.8. The molecule has 4 saturated carbocycles. The monoisotopic (exact) mass is 737 g/mol. The summed E-state index contributed by atoms with van der Waals surface area (Å²) in [5, 5.41) is 66.7. The van der Waals surface area contributed by atoms with Gasteiger partial charge in [-0.3, -0.25) is 10.1 Å². The second kappa shape index (κ2) is 13.7. The smallest absolute Gasteiger partial charge is 0.187 e. The predicted molar refractivity (Wildman–Crippen MR) is 184 cm³/mol. The molecule has 8 aliphatic rings. The third-order valence-corrected chi connectivity index (χ3v) is 16.1. The summed E-state index contributed by atoms with van der Waals surface area (Å²) in [6, 6.07) is 0. The second-order valence-corrected chi connectivity index (χ2v) is 18.8. The highest BCUT2D eigenvalue weighted by atomic mass is 16.8. The van der Waals surface area contributed by atoms with Crippen LogP contribution in [0.3, 0.4) is 0 Å². The Balaban J connectivity index is 0.957. The minimum atomic E-state index is -1.62. The van der Waals surface area contributed by atoms with Gasteiger partial charge in [0.1, 0.15) is 54.6 Å². The summed E-state index contributed by atoms with van der Waals surface area (Å²) in [5.41, 5.74) is -0.409. The molecule has 8 rings (SSSR count). The molecule has 4 saturated heterocycles. The number of ether oxygens (including phenoxy) is 5. The molecule has 22 atom stereocenters. The minimum Gasteiger partial charge on any atom is -0.394 e. The zero-order chi connectivity index (χ0) is 37.1. The lowest BCUT2D eigenvalue weighted by atomic mass is 9.44. The Morgan fingerprint density at radius 3 is 2.27 bits per heavy atom. The van der Waals surface area contributed by atoms with E-state index in [4.69, 9.17) is 23.7 Å². The van der Waals surface area contributed by atoms with Crippen molar-refractivity contribution in [1.29, 1.82) is 0 Å². The molecule has 0 aromatic carbocycles. The van der Waals surface area contributed by atoms with Crippen LogP contribution in [0.2, 0.25) is 0 Å². The largest absolute Gasteiger partial charge is 0.394 e. The highest BCUT2D eigenvalue weighted by Crippen LogP contribution is 2.70. The van der Waals surface area contributed by atoms with Gasteiger partial charge in [-0.1, -0.05) is 27.7 Å². The topological polar surface area (TPSA) is 197 Å². The third-order valence-electron chi connectivity index (χ3n) is 16.1. The fourth-order valence-corrected chi connectivity index (χ4v) is 13.0. The van der Waals surface area contributed by atoms with E-state index in [2.05, 4.69) is 33.0 Å². The Labute approximate surface area is 307 Å². The van der Waals surface area contributed by atoms with Crippen LogP contribution in [0.25, 0.3) is 0 Å². The molecule has 8 fully saturated rings. The van der Waals surface area contributed by atoms with Crippen LogP contribution in [-0.2, 0) is 28.5 Å². The van der Waals surface area contributed by atoms with Crippen LogP contribution in [-0.4, -0.2) is 129 Å². The van der Waals surface area contributed by atoms with Crippen molar-refractivity contribution in [3.05, 3.63) is 0 Å². The van der Waals surface area contributed by atoms with E-state index < -0.39 is 68.0 Å². The first-order valence-electron chi connectivity index (χ1n) is 20.2. The van der Waals surface area contributed by atoms with Crippen molar-refractivity contribution >= 4 is 5.78 Å². The van der Waals surface area contributed by atoms with E-state index in [-0.39, 0.29) is 46.5 Å². The van der Waals surface area contributed by atoms with Crippen molar-refractivity contribution in [3.63, 3.8) is 0 Å². The number of aliphatic hydroxyl groups is 6. The van der Waals surface area contributed by atoms with Crippen molar-refractivity contribution < 1.29 is 59.1 Å². The normalized spacial score (nSPS) is 59.1. The van der Waals surface area contributed by atoms with Crippen LogP contribution >= 0.6 is 0 Å². The van der Waals surface area contributed by atoms with Crippen LogP contribution in [0.15, 0.2) is 0 Å². The van der Waals surface area contributed by atoms with Gasteiger partial charge in [0.05, 0.1) is 18.8 Å². The van der Waals surface area contributed by atoms with Gasteiger partial charge in [0.2, 0.25) is 0 Å². The molecule has 7 N–H and O–H groups in total. The van der Waals surface area contributed by atoms with Gasteiger partial charge < -0.3 is 54.3 Å². The first kappa shape index (κ1) is 38.1. The first-order chi connectivity index (χ1) is 24.6. The Kier molecular flexibility index (Phi) is 10.0. The van der Waals surface area contributed by atoms with Gasteiger partial charge in [0.25, 0.3) is 0 Å². The molecule has 0 aromatic heterocycles. The maximum absolute atomic E-state index is 14.5. The van der Waals surface area contributed by atoms with Crippen molar-refractivity contribution in [2.75, 3.05) is 13.2 Å². The van der Waals surface area contributed by atoms with Crippen molar-refractivity contribution in [1.82, 2.24) is 5.32 Å². The zero-order valence-corrected chi connectivity index (χ0v) is 31.4. The molecule has 0 amide bonds. The number of hydrogen-bond acceptors (Lipinski definition) is 13. The third kappa shape index (κ3) is 5.73. The molecule has 0 aromatic rings. The quantitative estimate of drug-likeness (QED) is 0.199. The van der Waals surface area contributed by atoms with Crippen molar-refractivity contribution in [2.45, 2.75) is 172 Å².